The van der Waals surface area contributed by atoms with Crippen molar-refractivity contribution < 1.29 is 31.5 Å². The molecule has 0 aliphatic rings. The van der Waals surface area contributed by atoms with Crippen molar-refractivity contribution in [2.75, 3.05) is 17.2 Å². The summed E-state index contributed by atoms with van der Waals surface area (Å²) in [5.41, 5.74) is -0.308. The summed E-state index contributed by atoms with van der Waals surface area (Å²) in [4.78, 5) is 32.8. The highest BCUT2D eigenvalue weighted by molar-refractivity contribution is 7.93. The van der Waals surface area contributed by atoms with Crippen molar-refractivity contribution in [1.29, 1.82) is 0 Å². The number of pyridine rings is 1. The van der Waals surface area contributed by atoms with Crippen LogP contribution in [-0.4, -0.2) is 43.1 Å². The van der Waals surface area contributed by atoms with Gasteiger partial charge in [0.05, 0.1) is 18.4 Å². The lowest BCUT2D eigenvalue weighted by Gasteiger charge is -2.22. The van der Waals surface area contributed by atoms with E-state index in [2.05, 4.69) is 14.7 Å². The quantitative estimate of drug-likeness (QED) is 0.297. The Morgan fingerprint density at radius 2 is 1.81 bits per heavy atom. The maximum atomic E-state index is 15.7. The van der Waals surface area contributed by atoms with Gasteiger partial charge in [0.25, 0.3) is 0 Å². The minimum absolute atomic E-state index is 0.0947. The minimum Gasteiger partial charge on any atom is -0.452 e. The van der Waals surface area contributed by atoms with Crippen LogP contribution < -0.4 is 4.31 Å². The molecule has 4 rings (SSSR count). The number of sulfonamides is 1. The van der Waals surface area contributed by atoms with Gasteiger partial charge in [0.15, 0.2) is 5.82 Å². The van der Waals surface area contributed by atoms with Crippen LogP contribution in [0.4, 0.5) is 19.3 Å². The van der Waals surface area contributed by atoms with E-state index in [9.17, 15) is 22.4 Å². The summed E-state index contributed by atoms with van der Waals surface area (Å²) < 4.78 is 60.5. The highest BCUT2D eigenvalue weighted by Gasteiger charge is 2.35. The Balaban J connectivity index is 1.85. The number of carbonyl (C=O) groups is 2. The third kappa shape index (κ3) is 4.92. The first-order chi connectivity index (χ1) is 17.6. The number of benzene rings is 2. The predicted octanol–water partition coefficient (Wildman–Crippen LogP) is 5.71. The molecule has 8 nitrogen and oxygen atoms in total. The second-order valence-corrected chi connectivity index (χ2v) is 10.3. The van der Waals surface area contributed by atoms with Gasteiger partial charge in [-0.1, -0.05) is 30.7 Å². The molecule has 0 aliphatic carbocycles. The molecule has 0 saturated carbocycles. The van der Waals surface area contributed by atoms with Crippen LogP contribution in [0.5, 0.6) is 0 Å². The predicted molar refractivity (Wildman–Crippen MR) is 135 cm³/mol. The van der Waals surface area contributed by atoms with Crippen molar-refractivity contribution in [2.45, 2.75) is 13.3 Å². The summed E-state index contributed by atoms with van der Waals surface area (Å²) >= 11 is 5.94. The molecule has 1 N–H and O–H groups in total. The molecule has 192 valence electrons. The van der Waals surface area contributed by atoms with Gasteiger partial charge in [-0.15, -0.1) is 0 Å². The van der Waals surface area contributed by atoms with E-state index in [4.69, 9.17) is 11.6 Å². The first kappa shape index (κ1) is 26.2. The fraction of sp³-hybridized carbons (Fsp3) is 0.160. The fourth-order valence-corrected chi connectivity index (χ4v) is 5.39. The molecule has 2 aromatic carbocycles. The van der Waals surface area contributed by atoms with Crippen LogP contribution in [0.15, 0.2) is 54.9 Å². The number of aromatic amines is 1. The number of anilines is 1. The monoisotopic (exact) mass is 547 g/mol. The normalized spacial score (nSPS) is 11.5. The average Bonchev–Trinajstić information content (AvgIpc) is 3.29. The van der Waals surface area contributed by atoms with Crippen LogP contribution in [0.2, 0.25) is 5.02 Å². The topological polar surface area (TPSA) is 109 Å². The molecule has 0 radical (unpaired) electrons. The molecule has 12 heteroatoms. The van der Waals surface area contributed by atoms with Crippen molar-refractivity contribution in [3.05, 3.63) is 82.6 Å². The van der Waals surface area contributed by atoms with Crippen LogP contribution in [0.3, 0.4) is 0 Å². The SMILES string of the molecule is CCCS(=O)(=O)N(C(=O)OC)c1ccc(F)c(C(=O)c2c[nH]c3ncc(-c4ccc(Cl)cc4)cc23)c1F. The maximum absolute atomic E-state index is 15.7. The summed E-state index contributed by atoms with van der Waals surface area (Å²) in [5.74, 6) is -4.34. The number of hydrogen-bond acceptors (Lipinski definition) is 6. The third-order valence-corrected chi connectivity index (χ3v) is 7.63. The minimum atomic E-state index is -4.38. The zero-order valence-corrected chi connectivity index (χ0v) is 21.2. The van der Waals surface area contributed by atoms with Gasteiger partial charge in [-0.25, -0.2) is 27.0 Å². The highest BCUT2D eigenvalue weighted by atomic mass is 35.5. The lowest BCUT2D eigenvalue weighted by atomic mass is 9.99. The molecule has 0 unspecified atom stereocenters. The molecular weight excluding hydrogens is 528 g/mol. The van der Waals surface area contributed by atoms with Crippen molar-refractivity contribution in [2.24, 2.45) is 0 Å². The van der Waals surface area contributed by atoms with Crippen molar-refractivity contribution >= 4 is 50.2 Å². The van der Waals surface area contributed by atoms with Gasteiger partial charge in [-0.3, -0.25) is 4.79 Å². The number of H-pyrrole nitrogens is 1. The van der Waals surface area contributed by atoms with Gasteiger partial charge in [0, 0.05) is 33.9 Å². The van der Waals surface area contributed by atoms with Crippen LogP contribution in [0.25, 0.3) is 22.2 Å². The number of nitrogens with one attached hydrogen (secondary N) is 1. The van der Waals surface area contributed by atoms with Gasteiger partial charge >= 0.3 is 6.09 Å². The van der Waals surface area contributed by atoms with Crippen molar-refractivity contribution in [3.8, 4) is 11.1 Å². The average molecular weight is 548 g/mol. The van der Waals surface area contributed by atoms with Gasteiger partial charge in [-0.2, -0.15) is 4.31 Å². The molecule has 37 heavy (non-hydrogen) atoms. The van der Waals surface area contributed by atoms with E-state index in [0.29, 0.717) is 16.2 Å². The zero-order valence-electron chi connectivity index (χ0n) is 19.6. The molecule has 4 aromatic rings. The molecule has 0 bridgehead atoms. The molecule has 0 atom stereocenters. The van der Waals surface area contributed by atoms with Crippen LogP contribution in [0, 0.1) is 11.6 Å². The number of ether oxygens (including phenoxy) is 1. The maximum Gasteiger partial charge on any atom is 0.428 e. The Bertz CT molecular complexity index is 1620. The summed E-state index contributed by atoms with van der Waals surface area (Å²) in [7, 11) is -3.46. The van der Waals surface area contributed by atoms with E-state index in [-0.39, 0.29) is 21.7 Å². The van der Waals surface area contributed by atoms with Gasteiger partial charge in [-0.05, 0) is 42.3 Å². The number of halogens is 3. The molecule has 1 amide bonds. The third-order valence-electron chi connectivity index (χ3n) is 5.55. The van der Waals surface area contributed by atoms with Crippen LogP contribution in [-0.2, 0) is 14.8 Å². The second-order valence-electron chi connectivity index (χ2n) is 7.96. The number of methoxy groups -OCH3 is 1. The Morgan fingerprint density at radius 1 is 1.11 bits per heavy atom. The van der Waals surface area contributed by atoms with E-state index in [1.165, 1.54) is 6.20 Å². The van der Waals surface area contributed by atoms with Crippen molar-refractivity contribution in [3.63, 3.8) is 0 Å². The summed E-state index contributed by atoms with van der Waals surface area (Å²) in [6.45, 7) is 1.55. The molecule has 2 heterocycles. The molecular formula is C25H20ClF2N3O5S. The second kappa shape index (κ2) is 10.3. The lowest BCUT2D eigenvalue weighted by Crippen LogP contribution is -2.39. The van der Waals surface area contributed by atoms with Crippen LogP contribution >= 0.6 is 11.6 Å². The Labute approximate surface area is 215 Å². The number of aromatic nitrogens is 2. The molecule has 0 spiro atoms. The van der Waals surface area contributed by atoms with Crippen LogP contribution in [0.1, 0.15) is 29.3 Å². The number of ketones is 1. The van der Waals surface area contributed by atoms with E-state index in [0.717, 1.165) is 24.8 Å². The zero-order chi connectivity index (χ0) is 26.9. The number of nitrogens with zero attached hydrogens (tertiary/aromatic N) is 2. The standard InChI is InChI=1S/C25H20ClF2N3O5S/c1-3-10-37(34,35)31(25(33)36-2)20-9-8-19(27)21(22(20)28)23(32)18-13-30-24-17(18)11-15(12-29-24)14-4-6-16(26)7-5-14/h4-9,11-13H,3,10H2,1-2H3,(H,29,30). The highest BCUT2D eigenvalue weighted by Crippen LogP contribution is 2.32. The smallest absolute Gasteiger partial charge is 0.428 e. The fourth-order valence-electron chi connectivity index (χ4n) is 3.83. The molecule has 0 aliphatic heterocycles. The Kier molecular flexibility index (Phi) is 7.28. The van der Waals surface area contributed by atoms with Gasteiger partial charge in [0.1, 0.15) is 17.2 Å². The lowest BCUT2D eigenvalue weighted by molar-refractivity contribution is 0.103. The Morgan fingerprint density at radius 3 is 2.46 bits per heavy atom. The van der Waals surface area contributed by atoms with Gasteiger partial charge in [0.2, 0.25) is 15.8 Å². The van der Waals surface area contributed by atoms with E-state index in [1.54, 1.807) is 43.5 Å². The van der Waals surface area contributed by atoms with Gasteiger partial charge < -0.3 is 9.72 Å². The first-order valence-electron chi connectivity index (χ1n) is 11.0. The number of amides is 1. The number of hydrogen-bond donors (Lipinski definition) is 1. The first-order valence-corrected chi connectivity index (χ1v) is 12.9. The number of carbonyl (C=O) groups excluding carboxylic acids is 2. The van der Waals surface area contributed by atoms with E-state index >= 15 is 4.39 Å². The van der Waals surface area contributed by atoms with Crippen molar-refractivity contribution in [1.82, 2.24) is 9.97 Å². The van der Waals surface area contributed by atoms with E-state index in [1.807, 2.05) is 0 Å². The van der Waals surface area contributed by atoms with E-state index < -0.39 is 50.5 Å². The molecule has 0 saturated heterocycles. The summed E-state index contributed by atoms with van der Waals surface area (Å²) in [6, 6.07) is 9.97. The summed E-state index contributed by atoms with van der Waals surface area (Å²) in [5, 5.41) is 0.813. The molecule has 0 fully saturated rings. The largest absolute Gasteiger partial charge is 0.452 e. The number of rotatable bonds is 7. The molecule has 2 aromatic heterocycles. The Hall–Kier alpha value is -3.83. The number of fused-ring (bicyclic) bond motifs is 1. The summed E-state index contributed by atoms with van der Waals surface area (Å²) in [6.07, 6.45) is 1.53.